The average Bonchev–Trinajstić information content (AvgIpc) is 2.74. The molecule has 0 atom stereocenters. The van der Waals surface area contributed by atoms with Crippen molar-refractivity contribution in [3.05, 3.63) is 35.1 Å². The summed E-state index contributed by atoms with van der Waals surface area (Å²) in [4.78, 5) is 19.3. The van der Waals surface area contributed by atoms with E-state index in [4.69, 9.17) is 21.1 Å². The zero-order valence-corrected chi connectivity index (χ0v) is 17.5. The Morgan fingerprint density at radius 2 is 1.97 bits per heavy atom. The molecular weight excluding hydrogens is 437 g/mol. The van der Waals surface area contributed by atoms with E-state index in [1.165, 1.54) is 25.3 Å². The van der Waals surface area contributed by atoms with Crippen LogP contribution in [-0.4, -0.2) is 29.7 Å². The number of amides is 1. The fraction of sp³-hybridized carbons (Fsp3) is 0.450. The summed E-state index contributed by atoms with van der Waals surface area (Å²) in [5.41, 5.74) is -0.994. The number of halogens is 4. The summed E-state index contributed by atoms with van der Waals surface area (Å²) in [7, 11) is 1.41. The van der Waals surface area contributed by atoms with Crippen LogP contribution in [0.5, 0.6) is 11.5 Å². The molecule has 0 spiro atoms. The van der Waals surface area contributed by atoms with E-state index in [-0.39, 0.29) is 5.95 Å². The molecule has 3 rings (SSSR count). The number of hydrogen-bond donors (Lipinski definition) is 2. The summed E-state index contributed by atoms with van der Waals surface area (Å²) in [6.07, 6.45) is 0.281. The minimum atomic E-state index is -4.85. The largest absolute Gasteiger partial charge is 0.495 e. The molecule has 0 bridgehead atoms. The van der Waals surface area contributed by atoms with Gasteiger partial charge in [0, 0.05) is 18.3 Å². The van der Waals surface area contributed by atoms with Crippen molar-refractivity contribution in [3.63, 3.8) is 0 Å². The molecule has 2 N–H and O–H groups in total. The van der Waals surface area contributed by atoms with Crippen LogP contribution in [-0.2, 0) is 6.18 Å². The van der Waals surface area contributed by atoms with Crippen molar-refractivity contribution in [1.82, 2.24) is 15.3 Å². The van der Waals surface area contributed by atoms with Gasteiger partial charge >= 0.3 is 12.3 Å². The zero-order valence-electron chi connectivity index (χ0n) is 16.8. The number of hydrogen-bond acceptors (Lipinski definition) is 6. The number of ether oxygens (including phenoxy) is 2. The third-order valence-corrected chi connectivity index (χ3v) is 5.21. The molecule has 1 aromatic heterocycles. The van der Waals surface area contributed by atoms with Gasteiger partial charge in [-0.1, -0.05) is 30.9 Å². The van der Waals surface area contributed by atoms with E-state index < -0.39 is 23.7 Å². The number of benzene rings is 1. The Kier molecular flexibility index (Phi) is 7.42. The van der Waals surface area contributed by atoms with E-state index in [1.54, 1.807) is 0 Å². The molecule has 1 aromatic carbocycles. The van der Waals surface area contributed by atoms with Gasteiger partial charge in [0.1, 0.15) is 5.75 Å². The molecular formula is C20H22ClF3N4O3. The van der Waals surface area contributed by atoms with Gasteiger partial charge in [0.2, 0.25) is 5.95 Å². The summed E-state index contributed by atoms with van der Waals surface area (Å²) >= 11 is 5.94. The van der Waals surface area contributed by atoms with E-state index in [1.807, 2.05) is 0 Å². The lowest BCUT2D eigenvalue weighted by atomic mass is 9.89. The second-order valence-electron chi connectivity index (χ2n) is 7.15. The van der Waals surface area contributed by atoms with Crippen LogP contribution in [0.2, 0.25) is 5.02 Å². The first-order valence-electron chi connectivity index (χ1n) is 9.76. The topological polar surface area (TPSA) is 85.4 Å². The van der Waals surface area contributed by atoms with Gasteiger partial charge in [-0.3, -0.25) is 0 Å². The van der Waals surface area contributed by atoms with Crippen LogP contribution in [0.15, 0.2) is 24.4 Å². The first-order valence-corrected chi connectivity index (χ1v) is 10.1. The number of aromatic nitrogens is 2. The third-order valence-electron chi connectivity index (χ3n) is 4.89. The van der Waals surface area contributed by atoms with E-state index in [0.717, 1.165) is 38.3 Å². The fourth-order valence-electron chi connectivity index (χ4n) is 3.33. The first-order chi connectivity index (χ1) is 14.8. The molecule has 7 nitrogen and oxygen atoms in total. The van der Waals surface area contributed by atoms with Crippen molar-refractivity contribution in [2.24, 2.45) is 5.92 Å². The van der Waals surface area contributed by atoms with Crippen LogP contribution >= 0.6 is 11.6 Å². The third kappa shape index (κ3) is 6.36. The monoisotopic (exact) mass is 458 g/mol. The van der Waals surface area contributed by atoms with E-state index in [2.05, 4.69) is 20.6 Å². The lowest BCUT2D eigenvalue weighted by molar-refractivity contribution is -0.142. The maximum atomic E-state index is 13.5. The van der Waals surface area contributed by atoms with Crippen LogP contribution in [0.3, 0.4) is 0 Å². The Labute approximate surface area is 182 Å². The molecule has 0 saturated heterocycles. The van der Waals surface area contributed by atoms with E-state index in [0.29, 0.717) is 28.9 Å². The highest BCUT2D eigenvalue weighted by Crippen LogP contribution is 2.36. The van der Waals surface area contributed by atoms with Gasteiger partial charge in [0.05, 0.1) is 18.3 Å². The molecule has 2 aromatic rings. The zero-order chi connectivity index (χ0) is 22.4. The first kappa shape index (κ1) is 22.9. The van der Waals surface area contributed by atoms with E-state index >= 15 is 0 Å². The average molecular weight is 459 g/mol. The molecule has 0 unspecified atom stereocenters. The van der Waals surface area contributed by atoms with E-state index in [9.17, 15) is 18.0 Å². The molecule has 1 heterocycles. The van der Waals surface area contributed by atoms with Gasteiger partial charge in [0.25, 0.3) is 0 Å². The van der Waals surface area contributed by atoms with Crippen molar-refractivity contribution >= 4 is 29.3 Å². The lowest BCUT2D eigenvalue weighted by Crippen LogP contribution is -2.33. The van der Waals surface area contributed by atoms with Crippen molar-refractivity contribution in [2.75, 3.05) is 19.0 Å². The van der Waals surface area contributed by atoms with Crippen molar-refractivity contribution < 1.29 is 27.4 Å². The van der Waals surface area contributed by atoms with Gasteiger partial charge in [-0.15, -0.1) is 0 Å². The summed E-state index contributed by atoms with van der Waals surface area (Å²) in [6, 6.07) is 4.54. The molecule has 0 radical (unpaired) electrons. The molecule has 1 aliphatic rings. The summed E-state index contributed by atoms with van der Waals surface area (Å²) < 4.78 is 50.4. The van der Waals surface area contributed by atoms with Crippen LogP contribution in [0.1, 0.15) is 37.8 Å². The number of rotatable bonds is 6. The lowest BCUT2D eigenvalue weighted by Gasteiger charge is -2.21. The van der Waals surface area contributed by atoms with Crippen molar-refractivity contribution in [3.8, 4) is 11.5 Å². The highest BCUT2D eigenvalue weighted by Gasteiger charge is 2.38. The summed E-state index contributed by atoms with van der Waals surface area (Å²) in [5.74, 6) is -0.459. The number of methoxy groups -OCH3 is 1. The number of nitrogens with one attached hydrogen (secondary N) is 2. The number of carbonyl (C=O) groups is 1. The van der Waals surface area contributed by atoms with Gasteiger partial charge in [-0.05, 0) is 30.9 Å². The highest BCUT2D eigenvalue weighted by atomic mass is 35.5. The minimum Gasteiger partial charge on any atom is -0.495 e. The Bertz CT molecular complexity index is 921. The number of carbonyl (C=O) groups excluding carboxylic acids is 1. The SMILES string of the molecule is COc1cc(Nc2ncc(OC(=O)NCC3CCCCC3)c(C(F)(F)F)n2)ccc1Cl. The maximum Gasteiger partial charge on any atom is 0.437 e. The predicted octanol–water partition coefficient (Wildman–Crippen LogP) is 5.57. The molecule has 168 valence electrons. The van der Waals surface area contributed by atoms with Gasteiger partial charge < -0.3 is 20.1 Å². The van der Waals surface area contributed by atoms with Gasteiger partial charge in [0.15, 0.2) is 11.4 Å². The van der Waals surface area contributed by atoms with Crippen LogP contribution in [0, 0.1) is 5.92 Å². The maximum absolute atomic E-state index is 13.5. The van der Waals surface area contributed by atoms with Gasteiger partial charge in [-0.2, -0.15) is 13.2 Å². The highest BCUT2D eigenvalue weighted by molar-refractivity contribution is 6.32. The molecule has 11 heteroatoms. The Hall–Kier alpha value is -2.75. The summed E-state index contributed by atoms with van der Waals surface area (Å²) in [5, 5.41) is 5.52. The van der Waals surface area contributed by atoms with Crippen molar-refractivity contribution in [2.45, 2.75) is 38.3 Å². The minimum absolute atomic E-state index is 0.308. The molecule has 31 heavy (non-hydrogen) atoms. The number of alkyl halides is 3. The quantitative estimate of drug-likeness (QED) is 0.588. The Morgan fingerprint density at radius 1 is 1.23 bits per heavy atom. The van der Waals surface area contributed by atoms with Crippen molar-refractivity contribution in [1.29, 1.82) is 0 Å². The standard InChI is InChI=1S/C20H22ClF3N4O3/c1-30-15-9-13(7-8-14(15)21)27-18-25-11-16(17(28-18)20(22,23)24)31-19(29)26-10-12-5-3-2-4-6-12/h7-9,11-12H,2-6,10H2,1H3,(H,26,29)(H,25,27,28). The summed E-state index contributed by atoms with van der Waals surface area (Å²) in [6.45, 7) is 0.360. The second kappa shape index (κ2) is 10.0. The van der Waals surface area contributed by atoms with Crippen LogP contribution in [0.4, 0.5) is 29.6 Å². The molecule has 0 aliphatic heterocycles. The van der Waals surface area contributed by atoms with Gasteiger partial charge in [-0.25, -0.2) is 14.8 Å². The smallest absolute Gasteiger partial charge is 0.437 e. The second-order valence-corrected chi connectivity index (χ2v) is 7.56. The number of nitrogens with zero attached hydrogens (tertiary/aromatic N) is 2. The predicted molar refractivity (Wildman–Crippen MR) is 109 cm³/mol. The fourth-order valence-corrected chi connectivity index (χ4v) is 3.53. The Morgan fingerprint density at radius 3 is 2.65 bits per heavy atom. The normalized spacial score (nSPS) is 14.7. The molecule has 1 aliphatic carbocycles. The molecule has 1 fully saturated rings. The molecule has 1 saturated carbocycles. The molecule has 1 amide bonds. The van der Waals surface area contributed by atoms with Crippen LogP contribution < -0.4 is 20.1 Å². The Balaban J connectivity index is 1.71. The number of anilines is 2. The van der Waals surface area contributed by atoms with Crippen LogP contribution in [0.25, 0.3) is 0 Å².